The van der Waals surface area contributed by atoms with Gasteiger partial charge in [-0.3, -0.25) is 4.79 Å². The molecule has 1 aliphatic rings. The summed E-state index contributed by atoms with van der Waals surface area (Å²) in [6, 6.07) is 9.76. The van der Waals surface area contributed by atoms with Crippen LogP contribution in [-0.2, 0) is 20.7 Å². The summed E-state index contributed by atoms with van der Waals surface area (Å²) in [6.07, 6.45) is 1.24. The smallest absolute Gasteiger partial charge is 0.434 e. The Morgan fingerprint density at radius 3 is 2.74 bits per heavy atom. The first kappa shape index (κ1) is 13.7. The number of benzene rings is 1. The zero-order valence-corrected chi connectivity index (χ0v) is 11.3. The van der Waals surface area contributed by atoms with Crippen LogP contribution in [-0.4, -0.2) is 23.1 Å². The summed E-state index contributed by atoms with van der Waals surface area (Å²) in [5, 5.41) is -0.264. The van der Waals surface area contributed by atoms with Crippen LogP contribution in [0.5, 0.6) is 0 Å². The number of thioether (sulfide) groups is 1. The molecule has 1 aliphatic heterocycles. The molecule has 0 saturated carbocycles. The van der Waals surface area contributed by atoms with Gasteiger partial charge in [-0.1, -0.05) is 42.1 Å². The maximum atomic E-state index is 11.4. The minimum absolute atomic E-state index is 0.0970. The number of carbonyl (C=O) groups excluding carboxylic acids is 2. The lowest BCUT2D eigenvalue weighted by atomic mass is 10.1. The molecule has 0 aliphatic carbocycles. The number of hydrogen-bond acceptors (Lipinski definition) is 5. The monoisotopic (exact) mass is 278 g/mol. The summed E-state index contributed by atoms with van der Waals surface area (Å²) in [5.74, 6) is 0.373. The van der Waals surface area contributed by atoms with Crippen molar-refractivity contribution in [3.05, 3.63) is 47.7 Å². The number of hydrogen-bond donors (Lipinski definition) is 0. The minimum Gasteiger partial charge on any atom is -0.434 e. The molecule has 0 spiro atoms. The van der Waals surface area contributed by atoms with Crippen molar-refractivity contribution in [1.82, 2.24) is 0 Å². The largest absolute Gasteiger partial charge is 0.513 e. The normalized spacial score (nSPS) is 18.1. The lowest BCUT2D eigenvalue weighted by Crippen LogP contribution is -2.14. The molecule has 100 valence electrons. The fourth-order valence-electron chi connectivity index (χ4n) is 1.75. The lowest BCUT2D eigenvalue weighted by molar-refractivity contribution is -0.106. The number of carbonyl (C=O) groups is 2. The fraction of sp³-hybridized carbons (Fsp3) is 0.286. The highest BCUT2D eigenvalue weighted by Gasteiger charge is 2.29. The Balaban J connectivity index is 2.02. The van der Waals surface area contributed by atoms with Gasteiger partial charge >= 0.3 is 6.16 Å². The molecule has 1 aromatic rings. The summed E-state index contributed by atoms with van der Waals surface area (Å²) in [4.78, 5) is 22.7. The van der Waals surface area contributed by atoms with Gasteiger partial charge in [-0.2, -0.15) is 0 Å². The van der Waals surface area contributed by atoms with E-state index < -0.39 is 6.16 Å². The average molecular weight is 278 g/mol. The zero-order chi connectivity index (χ0) is 13.7. The molecule has 0 N–H and O–H groups in total. The van der Waals surface area contributed by atoms with Gasteiger partial charge in [0.15, 0.2) is 0 Å². The molecule has 19 heavy (non-hydrogen) atoms. The summed E-state index contributed by atoms with van der Waals surface area (Å²) in [5.41, 5.74) is 1.09. The molecular formula is C14H14O4S. The summed E-state index contributed by atoms with van der Waals surface area (Å²) in [7, 11) is 0. The van der Waals surface area contributed by atoms with Crippen LogP contribution < -0.4 is 0 Å². The van der Waals surface area contributed by atoms with E-state index in [0.717, 1.165) is 17.3 Å². The van der Waals surface area contributed by atoms with Crippen LogP contribution in [0.1, 0.15) is 12.5 Å². The SMILES string of the molecule is CCOC(=O)OC1=CC(=O)SC1Cc1ccccc1. The highest BCUT2D eigenvalue weighted by atomic mass is 32.2. The number of ether oxygens (including phenoxy) is 2. The Bertz CT molecular complexity index is 495. The van der Waals surface area contributed by atoms with Crippen LogP contribution in [0.25, 0.3) is 0 Å². The van der Waals surface area contributed by atoms with Crippen molar-refractivity contribution in [3.8, 4) is 0 Å². The van der Waals surface area contributed by atoms with Crippen molar-refractivity contribution in [1.29, 1.82) is 0 Å². The van der Waals surface area contributed by atoms with Gasteiger partial charge in [0, 0.05) is 6.08 Å². The van der Waals surface area contributed by atoms with Gasteiger partial charge in [-0.05, 0) is 18.9 Å². The molecule has 0 amide bonds. The highest BCUT2D eigenvalue weighted by Crippen LogP contribution is 2.32. The molecule has 0 saturated heterocycles. The van der Waals surface area contributed by atoms with Crippen molar-refractivity contribution in [2.24, 2.45) is 0 Å². The van der Waals surface area contributed by atoms with Crippen LogP contribution in [0.3, 0.4) is 0 Å². The third kappa shape index (κ3) is 3.86. The molecule has 4 nitrogen and oxygen atoms in total. The van der Waals surface area contributed by atoms with Gasteiger partial charge in [-0.15, -0.1) is 0 Å². The van der Waals surface area contributed by atoms with Crippen LogP contribution in [0.4, 0.5) is 4.79 Å². The van der Waals surface area contributed by atoms with E-state index in [-0.39, 0.29) is 17.0 Å². The Kier molecular flexibility index (Phi) is 4.63. The maximum absolute atomic E-state index is 11.4. The van der Waals surface area contributed by atoms with Gasteiger partial charge in [0.25, 0.3) is 0 Å². The standard InChI is InChI=1S/C14H14O4S/c1-2-17-14(16)18-11-9-13(15)19-12(11)8-10-6-4-3-5-7-10/h3-7,9,12H,2,8H2,1H3. The minimum atomic E-state index is -0.762. The van der Waals surface area contributed by atoms with E-state index in [4.69, 9.17) is 9.47 Å². The van der Waals surface area contributed by atoms with E-state index in [1.807, 2.05) is 30.3 Å². The molecule has 1 atom stereocenters. The van der Waals surface area contributed by atoms with E-state index in [1.54, 1.807) is 6.92 Å². The first-order valence-corrected chi connectivity index (χ1v) is 6.87. The Morgan fingerprint density at radius 1 is 1.32 bits per heavy atom. The highest BCUT2D eigenvalue weighted by molar-refractivity contribution is 8.15. The van der Waals surface area contributed by atoms with Crippen LogP contribution in [0.15, 0.2) is 42.2 Å². The van der Waals surface area contributed by atoms with Crippen LogP contribution >= 0.6 is 11.8 Å². The summed E-state index contributed by atoms with van der Waals surface area (Å²) < 4.78 is 9.78. The molecular weight excluding hydrogens is 264 g/mol. The van der Waals surface area contributed by atoms with Crippen molar-refractivity contribution in [2.45, 2.75) is 18.6 Å². The Morgan fingerprint density at radius 2 is 2.05 bits per heavy atom. The Hall–Kier alpha value is -1.75. The van der Waals surface area contributed by atoms with E-state index in [2.05, 4.69) is 0 Å². The van der Waals surface area contributed by atoms with Gasteiger partial charge in [0.05, 0.1) is 11.9 Å². The lowest BCUT2D eigenvalue weighted by Gasteiger charge is -2.13. The van der Waals surface area contributed by atoms with E-state index in [1.165, 1.54) is 6.08 Å². The molecule has 0 aromatic heterocycles. The van der Waals surface area contributed by atoms with Crippen molar-refractivity contribution in [2.75, 3.05) is 6.61 Å². The first-order chi connectivity index (χ1) is 9.19. The van der Waals surface area contributed by atoms with E-state index in [9.17, 15) is 9.59 Å². The Labute approximate surface area is 115 Å². The molecule has 0 radical (unpaired) electrons. The topological polar surface area (TPSA) is 52.6 Å². The molecule has 2 rings (SSSR count). The molecule has 5 heteroatoms. The summed E-state index contributed by atoms with van der Waals surface area (Å²) in [6.45, 7) is 1.95. The zero-order valence-electron chi connectivity index (χ0n) is 10.5. The predicted octanol–water partition coefficient (Wildman–Crippen LogP) is 2.93. The van der Waals surface area contributed by atoms with Gasteiger partial charge in [-0.25, -0.2) is 4.79 Å². The van der Waals surface area contributed by atoms with Gasteiger partial charge < -0.3 is 9.47 Å². The second kappa shape index (κ2) is 6.43. The van der Waals surface area contributed by atoms with Crippen LogP contribution in [0, 0.1) is 0 Å². The third-order valence-electron chi connectivity index (χ3n) is 2.56. The third-order valence-corrected chi connectivity index (χ3v) is 3.60. The molecule has 1 unspecified atom stereocenters. The first-order valence-electron chi connectivity index (χ1n) is 5.99. The molecule has 0 fully saturated rings. The van der Waals surface area contributed by atoms with Crippen molar-refractivity contribution >= 4 is 23.0 Å². The van der Waals surface area contributed by atoms with Crippen LogP contribution in [0.2, 0.25) is 0 Å². The van der Waals surface area contributed by atoms with Crippen molar-refractivity contribution in [3.63, 3.8) is 0 Å². The van der Waals surface area contributed by atoms with E-state index >= 15 is 0 Å². The molecule has 0 bridgehead atoms. The predicted molar refractivity (Wildman–Crippen MR) is 72.7 cm³/mol. The second-order valence-electron chi connectivity index (χ2n) is 3.95. The van der Waals surface area contributed by atoms with E-state index in [0.29, 0.717) is 12.2 Å². The quantitative estimate of drug-likeness (QED) is 0.793. The van der Waals surface area contributed by atoms with Gasteiger partial charge in [0.1, 0.15) is 5.76 Å². The number of rotatable bonds is 4. The van der Waals surface area contributed by atoms with Crippen molar-refractivity contribution < 1.29 is 19.1 Å². The maximum Gasteiger partial charge on any atom is 0.513 e. The second-order valence-corrected chi connectivity index (χ2v) is 5.15. The molecule has 1 heterocycles. The van der Waals surface area contributed by atoms with Gasteiger partial charge in [0.2, 0.25) is 5.12 Å². The summed E-state index contributed by atoms with van der Waals surface area (Å²) >= 11 is 1.16. The average Bonchev–Trinajstić information content (AvgIpc) is 2.71. The fourth-order valence-corrected chi connectivity index (χ4v) is 2.72. The molecule has 1 aromatic carbocycles.